The Morgan fingerprint density at radius 3 is 2.22 bits per heavy atom. The molecule has 2 amide bonds. The Balaban J connectivity index is 2.40. The van der Waals surface area contributed by atoms with Crippen molar-refractivity contribution in [2.45, 2.75) is 25.4 Å². The summed E-state index contributed by atoms with van der Waals surface area (Å²) in [5.41, 5.74) is 16.4. The van der Waals surface area contributed by atoms with Crippen LogP contribution in [0, 0.1) is 0 Å². The van der Waals surface area contributed by atoms with E-state index in [0.29, 0.717) is 6.42 Å². The van der Waals surface area contributed by atoms with Gasteiger partial charge in [0.25, 0.3) is 11.8 Å². The Bertz CT molecular complexity index is 406. The average Bonchev–Trinajstić information content (AvgIpc) is 2.36. The van der Waals surface area contributed by atoms with Gasteiger partial charge in [-0.05, 0) is 18.9 Å². The van der Waals surface area contributed by atoms with Crippen molar-refractivity contribution in [2.75, 3.05) is 0 Å². The number of amides is 2. The third-order valence-corrected chi connectivity index (χ3v) is 2.36. The van der Waals surface area contributed by atoms with Crippen molar-refractivity contribution < 1.29 is 9.59 Å². The quantitative estimate of drug-likeness (QED) is 0.516. The molecule has 6 N–H and O–H groups in total. The van der Waals surface area contributed by atoms with E-state index in [1.54, 1.807) is 0 Å². The van der Waals surface area contributed by atoms with Crippen LogP contribution >= 0.6 is 0 Å². The Hall–Kier alpha value is -1.92. The highest BCUT2D eigenvalue weighted by molar-refractivity contribution is 5.87. The first-order chi connectivity index (χ1) is 8.50. The van der Waals surface area contributed by atoms with Crippen LogP contribution in [0.25, 0.3) is 0 Å². The fourth-order valence-corrected chi connectivity index (χ4v) is 1.29. The Morgan fingerprint density at radius 1 is 1.11 bits per heavy atom. The SMILES string of the molecule is C[C@H](N)C(=O)NNC(=O)[C@@H](N)Cc1ccccc1. The number of benzene rings is 1. The summed E-state index contributed by atoms with van der Waals surface area (Å²) in [6, 6.07) is 7.99. The number of rotatable bonds is 4. The van der Waals surface area contributed by atoms with Crippen LogP contribution in [0.5, 0.6) is 0 Å². The summed E-state index contributed by atoms with van der Waals surface area (Å²) in [7, 11) is 0. The molecule has 0 radical (unpaired) electrons. The lowest BCUT2D eigenvalue weighted by atomic mass is 10.1. The van der Waals surface area contributed by atoms with Crippen LogP contribution in [0.2, 0.25) is 0 Å². The summed E-state index contributed by atoms with van der Waals surface area (Å²) in [4.78, 5) is 22.7. The van der Waals surface area contributed by atoms with Crippen LogP contribution in [-0.2, 0) is 16.0 Å². The maximum Gasteiger partial charge on any atom is 0.255 e. The van der Waals surface area contributed by atoms with Crippen LogP contribution in [0.15, 0.2) is 30.3 Å². The minimum absolute atomic E-state index is 0.403. The summed E-state index contributed by atoms with van der Waals surface area (Å²) in [5.74, 6) is -0.914. The van der Waals surface area contributed by atoms with Gasteiger partial charge in [-0.1, -0.05) is 30.3 Å². The molecule has 0 aliphatic carbocycles. The third kappa shape index (κ3) is 4.52. The molecule has 0 heterocycles. The monoisotopic (exact) mass is 250 g/mol. The summed E-state index contributed by atoms with van der Waals surface area (Å²) >= 11 is 0. The molecule has 1 aromatic rings. The van der Waals surface area contributed by atoms with Crippen LogP contribution < -0.4 is 22.3 Å². The van der Waals surface area contributed by atoms with E-state index in [1.165, 1.54) is 6.92 Å². The van der Waals surface area contributed by atoms with E-state index in [2.05, 4.69) is 10.9 Å². The number of carbonyl (C=O) groups is 2. The lowest BCUT2D eigenvalue weighted by Crippen LogP contribution is -2.53. The van der Waals surface area contributed by atoms with Gasteiger partial charge in [-0.2, -0.15) is 0 Å². The fraction of sp³-hybridized carbons (Fsp3) is 0.333. The van der Waals surface area contributed by atoms with Gasteiger partial charge >= 0.3 is 0 Å². The number of hydrazine groups is 1. The number of hydrogen-bond donors (Lipinski definition) is 4. The number of carbonyl (C=O) groups excluding carboxylic acids is 2. The van der Waals surface area contributed by atoms with Crippen LogP contribution in [0.1, 0.15) is 12.5 Å². The van der Waals surface area contributed by atoms with E-state index in [4.69, 9.17) is 11.5 Å². The van der Waals surface area contributed by atoms with Crippen molar-refractivity contribution in [3.8, 4) is 0 Å². The summed E-state index contributed by atoms with van der Waals surface area (Å²) in [6.45, 7) is 1.52. The maximum atomic E-state index is 11.6. The maximum absolute atomic E-state index is 11.6. The lowest BCUT2D eigenvalue weighted by molar-refractivity contribution is -0.130. The van der Waals surface area contributed by atoms with E-state index >= 15 is 0 Å². The van der Waals surface area contributed by atoms with E-state index in [1.807, 2.05) is 30.3 Å². The van der Waals surface area contributed by atoms with Crippen molar-refractivity contribution in [3.63, 3.8) is 0 Å². The van der Waals surface area contributed by atoms with Gasteiger partial charge in [-0.25, -0.2) is 0 Å². The second-order valence-corrected chi connectivity index (χ2v) is 4.06. The highest BCUT2D eigenvalue weighted by Gasteiger charge is 2.15. The molecule has 0 spiro atoms. The minimum atomic E-state index is -0.721. The van der Waals surface area contributed by atoms with Crippen LogP contribution in [0.4, 0.5) is 0 Å². The molecular formula is C12H18N4O2. The van der Waals surface area contributed by atoms with Gasteiger partial charge in [0, 0.05) is 0 Å². The van der Waals surface area contributed by atoms with Crippen molar-refractivity contribution in [1.82, 2.24) is 10.9 Å². The molecule has 1 rings (SSSR count). The molecule has 0 aliphatic heterocycles. The first-order valence-corrected chi connectivity index (χ1v) is 5.65. The zero-order valence-corrected chi connectivity index (χ0v) is 10.2. The first-order valence-electron chi connectivity index (χ1n) is 5.65. The first kappa shape index (κ1) is 14.1. The van der Waals surface area contributed by atoms with Gasteiger partial charge in [-0.15, -0.1) is 0 Å². The molecule has 0 saturated carbocycles. The molecule has 18 heavy (non-hydrogen) atoms. The van der Waals surface area contributed by atoms with Crippen molar-refractivity contribution in [2.24, 2.45) is 11.5 Å². The Morgan fingerprint density at radius 2 is 1.67 bits per heavy atom. The molecular weight excluding hydrogens is 232 g/mol. The van der Waals surface area contributed by atoms with Gasteiger partial charge in [0.05, 0.1) is 12.1 Å². The van der Waals surface area contributed by atoms with Crippen LogP contribution in [-0.4, -0.2) is 23.9 Å². The molecule has 0 aromatic heterocycles. The van der Waals surface area contributed by atoms with Gasteiger partial charge in [0.2, 0.25) is 0 Å². The molecule has 0 bridgehead atoms. The molecule has 0 aliphatic rings. The van der Waals surface area contributed by atoms with Gasteiger partial charge < -0.3 is 11.5 Å². The second kappa shape index (κ2) is 6.73. The highest BCUT2D eigenvalue weighted by Crippen LogP contribution is 2.01. The molecule has 0 fully saturated rings. The fourth-order valence-electron chi connectivity index (χ4n) is 1.29. The molecule has 2 atom stereocenters. The average molecular weight is 250 g/mol. The topological polar surface area (TPSA) is 110 Å². The van der Waals surface area contributed by atoms with Crippen molar-refractivity contribution in [1.29, 1.82) is 0 Å². The zero-order chi connectivity index (χ0) is 13.5. The Labute approximate surface area is 106 Å². The summed E-state index contributed by atoms with van der Waals surface area (Å²) in [5, 5.41) is 0. The zero-order valence-electron chi connectivity index (χ0n) is 10.2. The van der Waals surface area contributed by atoms with Crippen molar-refractivity contribution >= 4 is 11.8 Å². The van der Waals surface area contributed by atoms with Crippen LogP contribution in [0.3, 0.4) is 0 Å². The summed E-state index contributed by atoms with van der Waals surface area (Å²) < 4.78 is 0. The third-order valence-electron chi connectivity index (χ3n) is 2.36. The van der Waals surface area contributed by atoms with E-state index in [9.17, 15) is 9.59 Å². The van der Waals surface area contributed by atoms with E-state index in [0.717, 1.165) is 5.56 Å². The molecule has 6 nitrogen and oxygen atoms in total. The molecule has 0 unspecified atom stereocenters. The van der Waals surface area contributed by atoms with Crippen molar-refractivity contribution in [3.05, 3.63) is 35.9 Å². The molecule has 1 aromatic carbocycles. The second-order valence-electron chi connectivity index (χ2n) is 4.06. The summed E-state index contributed by atoms with van der Waals surface area (Å²) in [6.07, 6.45) is 0.403. The molecule has 6 heteroatoms. The molecule has 98 valence electrons. The van der Waals surface area contributed by atoms with E-state index in [-0.39, 0.29) is 0 Å². The standard InChI is InChI=1S/C12H18N4O2/c1-8(13)11(17)15-16-12(18)10(14)7-9-5-3-2-4-6-9/h2-6,8,10H,7,13-14H2,1H3,(H,15,17)(H,16,18)/t8-,10-/m0/s1. The smallest absolute Gasteiger partial charge is 0.255 e. The lowest BCUT2D eigenvalue weighted by Gasteiger charge is -2.14. The van der Waals surface area contributed by atoms with E-state index < -0.39 is 23.9 Å². The Kier molecular flexibility index (Phi) is 5.29. The van der Waals surface area contributed by atoms with Gasteiger partial charge in [-0.3, -0.25) is 20.4 Å². The largest absolute Gasteiger partial charge is 0.320 e. The number of hydrogen-bond acceptors (Lipinski definition) is 4. The predicted octanol–water partition coefficient (Wildman–Crippen LogP) is -0.949. The predicted molar refractivity (Wildman–Crippen MR) is 68.1 cm³/mol. The minimum Gasteiger partial charge on any atom is -0.320 e. The van der Waals surface area contributed by atoms with Gasteiger partial charge in [0.15, 0.2) is 0 Å². The number of nitrogens with two attached hydrogens (primary N) is 2. The van der Waals surface area contributed by atoms with Gasteiger partial charge in [0.1, 0.15) is 0 Å². The number of nitrogens with one attached hydrogen (secondary N) is 2. The highest BCUT2D eigenvalue weighted by atomic mass is 16.2. The normalized spacial score (nSPS) is 13.5. The molecule has 0 saturated heterocycles.